The van der Waals surface area contributed by atoms with E-state index in [0.717, 1.165) is 11.0 Å². The number of hydrogen-bond acceptors (Lipinski definition) is 2. The zero-order valence-corrected chi connectivity index (χ0v) is 12.3. The largest absolute Gasteiger partial charge is 0.329 e. The predicted molar refractivity (Wildman–Crippen MR) is 75.9 cm³/mol. The number of nitrogens with two attached hydrogens (primary N) is 1. The molecule has 1 aliphatic rings. The molecule has 100 valence electrons. The first-order valence-corrected chi connectivity index (χ1v) is 7.33. The molecular weight excluding hydrogens is 295 g/mol. The lowest BCUT2D eigenvalue weighted by atomic mass is 9.97. The van der Waals surface area contributed by atoms with Crippen molar-refractivity contribution in [1.29, 1.82) is 0 Å². The van der Waals surface area contributed by atoms with Gasteiger partial charge in [-0.2, -0.15) is 0 Å². The third-order valence-electron chi connectivity index (χ3n) is 3.80. The molecule has 1 saturated heterocycles. The summed E-state index contributed by atoms with van der Waals surface area (Å²) in [6.45, 7) is 3.67. The maximum absolute atomic E-state index is 14.0. The summed E-state index contributed by atoms with van der Waals surface area (Å²) in [6, 6.07) is 5.56. The number of benzene rings is 1. The fourth-order valence-corrected chi connectivity index (χ4v) is 3.17. The molecule has 0 aliphatic carbocycles. The van der Waals surface area contributed by atoms with E-state index in [-0.39, 0.29) is 11.9 Å². The third kappa shape index (κ3) is 2.92. The molecular formula is C14H20BrFN2. The Morgan fingerprint density at radius 3 is 2.94 bits per heavy atom. The second kappa shape index (κ2) is 6.13. The Hall–Kier alpha value is -0.450. The number of hydrogen-bond donors (Lipinski definition) is 1. The second-order valence-electron chi connectivity index (χ2n) is 5.00. The van der Waals surface area contributed by atoms with Crippen LogP contribution in [0.2, 0.25) is 0 Å². The minimum absolute atomic E-state index is 0.0159. The van der Waals surface area contributed by atoms with Crippen molar-refractivity contribution in [2.45, 2.75) is 38.3 Å². The molecule has 0 radical (unpaired) electrons. The van der Waals surface area contributed by atoms with Gasteiger partial charge in [-0.05, 0) is 44.5 Å². The highest BCUT2D eigenvalue weighted by Crippen LogP contribution is 2.30. The summed E-state index contributed by atoms with van der Waals surface area (Å²) < 4.78 is 14.9. The standard InChI is InChI=1S/C14H20BrFN2/c1-10-4-2-3-7-18(10)14(9-17)12-8-11(15)5-6-13(12)16/h5-6,8,10,14H,2-4,7,9,17H2,1H3. The highest BCUT2D eigenvalue weighted by Gasteiger charge is 2.28. The second-order valence-corrected chi connectivity index (χ2v) is 5.92. The molecule has 1 aromatic rings. The van der Waals surface area contributed by atoms with Crippen molar-refractivity contribution < 1.29 is 4.39 Å². The van der Waals surface area contributed by atoms with Crippen LogP contribution in [-0.4, -0.2) is 24.0 Å². The first-order valence-electron chi connectivity index (χ1n) is 6.54. The van der Waals surface area contributed by atoms with Crippen molar-refractivity contribution in [1.82, 2.24) is 4.90 Å². The van der Waals surface area contributed by atoms with Gasteiger partial charge in [0, 0.05) is 22.6 Å². The normalized spacial score (nSPS) is 23.0. The van der Waals surface area contributed by atoms with Crippen molar-refractivity contribution in [3.63, 3.8) is 0 Å². The predicted octanol–water partition coefficient (Wildman–Crippen LogP) is 3.46. The summed E-state index contributed by atoms with van der Waals surface area (Å²) in [6.07, 6.45) is 3.61. The summed E-state index contributed by atoms with van der Waals surface area (Å²) in [7, 11) is 0. The van der Waals surface area contributed by atoms with E-state index in [9.17, 15) is 4.39 Å². The van der Waals surface area contributed by atoms with Gasteiger partial charge in [-0.25, -0.2) is 4.39 Å². The number of nitrogens with zero attached hydrogens (tertiary/aromatic N) is 1. The van der Waals surface area contributed by atoms with E-state index >= 15 is 0 Å². The number of piperidine rings is 1. The minimum atomic E-state index is -0.161. The van der Waals surface area contributed by atoms with Gasteiger partial charge in [0.05, 0.1) is 6.04 Å². The Morgan fingerprint density at radius 1 is 1.50 bits per heavy atom. The summed E-state index contributed by atoms with van der Waals surface area (Å²) in [4.78, 5) is 2.34. The lowest BCUT2D eigenvalue weighted by molar-refractivity contribution is 0.107. The highest BCUT2D eigenvalue weighted by atomic mass is 79.9. The molecule has 1 aromatic carbocycles. The van der Waals surface area contributed by atoms with Crippen LogP contribution in [0.3, 0.4) is 0 Å². The van der Waals surface area contributed by atoms with E-state index in [1.54, 1.807) is 6.07 Å². The van der Waals surface area contributed by atoms with Crippen LogP contribution in [0.4, 0.5) is 4.39 Å². The molecule has 0 aromatic heterocycles. The summed E-state index contributed by atoms with van der Waals surface area (Å²) in [5.41, 5.74) is 6.60. The Morgan fingerprint density at radius 2 is 2.28 bits per heavy atom. The lowest BCUT2D eigenvalue weighted by Gasteiger charge is -2.39. The zero-order chi connectivity index (χ0) is 13.1. The van der Waals surface area contributed by atoms with E-state index in [2.05, 4.69) is 27.8 Å². The first-order chi connectivity index (χ1) is 8.63. The van der Waals surface area contributed by atoms with Crippen LogP contribution in [0.15, 0.2) is 22.7 Å². The number of rotatable bonds is 3. The van der Waals surface area contributed by atoms with Crippen LogP contribution < -0.4 is 5.73 Å². The SMILES string of the molecule is CC1CCCCN1C(CN)c1cc(Br)ccc1F. The smallest absolute Gasteiger partial charge is 0.128 e. The van der Waals surface area contributed by atoms with Crippen LogP contribution in [0.5, 0.6) is 0 Å². The zero-order valence-electron chi connectivity index (χ0n) is 10.7. The summed E-state index contributed by atoms with van der Waals surface area (Å²) >= 11 is 3.41. The Bertz CT molecular complexity index is 411. The average molecular weight is 315 g/mol. The quantitative estimate of drug-likeness (QED) is 0.925. The number of halogens is 2. The van der Waals surface area contributed by atoms with Crippen molar-refractivity contribution >= 4 is 15.9 Å². The van der Waals surface area contributed by atoms with E-state index < -0.39 is 0 Å². The molecule has 18 heavy (non-hydrogen) atoms. The third-order valence-corrected chi connectivity index (χ3v) is 4.29. The van der Waals surface area contributed by atoms with Gasteiger partial charge < -0.3 is 5.73 Å². The minimum Gasteiger partial charge on any atom is -0.329 e. The van der Waals surface area contributed by atoms with Gasteiger partial charge in [-0.15, -0.1) is 0 Å². The molecule has 0 spiro atoms. The maximum Gasteiger partial charge on any atom is 0.128 e. The molecule has 0 saturated carbocycles. The van der Waals surface area contributed by atoms with Crippen LogP contribution in [0.25, 0.3) is 0 Å². The van der Waals surface area contributed by atoms with Gasteiger partial charge in [0.1, 0.15) is 5.82 Å². The summed E-state index contributed by atoms with van der Waals surface area (Å²) in [5.74, 6) is -0.161. The van der Waals surface area contributed by atoms with Crippen LogP contribution in [0.1, 0.15) is 37.8 Å². The van der Waals surface area contributed by atoms with E-state index in [4.69, 9.17) is 5.73 Å². The van der Waals surface area contributed by atoms with Crippen molar-refractivity contribution in [2.75, 3.05) is 13.1 Å². The van der Waals surface area contributed by atoms with Crippen LogP contribution >= 0.6 is 15.9 Å². The molecule has 1 aliphatic heterocycles. The molecule has 1 heterocycles. The summed E-state index contributed by atoms with van der Waals surface area (Å²) in [5, 5.41) is 0. The molecule has 0 amide bonds. The Kier molecular flexibility index (Phi) is 4.76. The molecule has 2 atom stereocenters. The van der Waals surface area contributed by atoms with Gasteiger partial charge in [0.15, 0.2) is 0 Å². The highest BCUT2D eigenvalue weighted by molar-refractivity contribution is 9.10. The molecule has 2 nitrogen and oxygen atoms in total. The monoisotopic (exact) mass is 314 g/mol. The van der Waals surface area contributed by atoms with Crippen molar-refractivity contribution in [3.8, 4) is 0 Å². The van der Waals surface area contributed by atoms with Gasteiger partial charge in [0.25, 0.3) is 0 Å². The topological polar surface area (TPSA) is 29.3 Å². The molecule has 0 bridgehead atoms. The van der Waals surface area contributed by atoms with Gasteiger partial charge in [0.2, 0.25) is 0 Å². The van der Waals surface area contributed by atoms with E-state index in [1.807, 2.05) is 6.07 Å². The fraction of sp³-hybridized carbons (Fsp3) is 0.571. The number of likely N-dealkylation sites (tertiary alicyclic amines) is 1. The molecule has 4 heteroatoms. The van der Waals surface area contributed by atoms with E-state index in [1.165, 1.54) is 25.3 Å². The molecule has 2 unspecified atom stereocenters. The fourth-order valence-electron chi connectivity index (χ4n) is 2.79. The Labute approximate surface area is 116 Å². The maximum atomic E-state index is 14.0. The molecule has 2 rings (SSSR count). The Balaban J connectivity index is 2.29. The molecule has 2 N–H and O–H groups in total. The molecule has 1 fully saturated rings. The van der Waals surface area contributed by atoms with Crippen LogP contribution in [-0.2, 0) is 0 Å². The van der Waals surface area contributed by atoms with Gasteiger partial charge in [-0.3, -0.25) is 4.90 Å². The van der Waals surface area contributed by atoms with Gasteiger partial charge in [-0.1, -0.05) is 22.4 Å². The van der Waals surface area contributed by atoms with Gasteiger partial charge >= 0.3 is 0 Å². The van der Waals surface area contributed by atoms with Crippen molar-refractivity contribution in [3.05, 3.63) is 34.1 Å². The first kappa shape index (κ1) is 14.0. The average Bonchev–Trinajstić information content (AvgIpc) is 2.36. The lowest BCUT2D eigenvalue weighted by Crippen LogP contribution is -2.43. The van der Waals surface area contributed by atoms with Crippen LogP contribution in [0, 0.1) is 5.82 Å². The van der Waals surface area contributed by atoms with E-state index in [0.29, 0.717) is 18.2 Å². The van der Waals surface area contributed by atoms with Crippen molar-refractivity contribution in [2.24, 2.45) is 5.73 Å².